The molecule has 1 atom stereocenters. The van der Waals surface area contributed by atoms with E-state index in [1.807, 2.05) is 25.1 Å². The van der Waals surface area contributed by atoms with Crippen LogP contribution in [0.25, 0.3) is 0 Å². The van der Waals surface area contributed by atoms with Crippen molar-refractivity contribution in [3.8, 4) is 0 Å². The van der Waals surface area contributed by atoms with Gasteiger partial charge in [0.2, 0.25) is 0 Å². The topological polar surface area (TPSA) is 71.6 Å². The van der Waals surface area contributed by atoms with E-state index in [4.69, 9.17) is 4.42 Å². The Hall–Kier alpha value is -2.18. The second-order valence-corrected chi connectivity index (χ2v) is 6.22. The number of benzene rings is 1. The van der Waals surface area contributed by atoms with Gasteiger partial charge in [-0.15, -0.1) is 0 Å². The molecule has 2 heterocycles. The van der Waals surface area contributed by atoms with Gasteiger partial charge in [-0.1, -0.05) is 18.2 Å². The third kappa shape index (κ3) is 3.83. The molecule has 0 amide bonds. The van der Waals surface area contributed by atoms with Crippen LogP contribution in [0.2, 0.25) is 0 Å². The Bertz CT molecular complexity index is 692. The second-order valence-electron chi connectivity index (χ2n) is 6.22. The van der Waals surface area contributed by atoms with Gasteiger partial charge in [0, 0.05) is 24.7 Å². The van der Waals surface area contributed by atoms with E-state index in [1.165, 1.54) is 12.8 Å². The van der Waals surface area contributed by atoms with Gasteiger partial charge in [-0.3, -0.25) is 15.0 Å². The highest BCUT2D eigenvalue weighted by atomic mass is 16.6. The average molecular weight is 329 g/mol. The van der Waals surface area contributed by atoms with Crippen molar-refractivity contribution in [3.63, 3.8) is 0 Å². The lowest BCUT2D eigenvalue weighted by Gasteiger charge is -2.26. The number of likely N-dealkylation sites (tertiary alicyclic amines) is 1. The number of furan rings is 1. The molecule has 1 aromatic heterocycles. The first-order chi connectivity index (χ1) is 11.6. The number of aryl methyl sites for hydroxylation is 1. The highest BCUT2D eigenvalue weighted by Crippen LogP contribution is 2.26. The summed E-state index contributed by atoms with van der Waals surface area (Å²) in [5.74, 6) is 1.87. The molecule has 1 saturated heterocycles. The Labute approximate surface area is 141 Å². The first-order valence-electron chi connectivity index (χ1n) is 8.38. The number of rotatable bonds is 7. The zero-order valence-corrected chi connectivity index (χ0v) is 13.9. The third-order valence-electron chi connectivity index (χ3n) is 4.51. The fraction of sp³-hybridized carbons (Fsp3) is 0.444. The Balaban J connectivity index is 1.67. The van der Waals surface area contributed by atoms with E-state index in [2.05, 4.69) is 10.2 Å². The lowest BCUT2D eigenvalue weighted by molar-refractivity contribution is -0.385. The normalized spacial score (nSPS) is 16.4. The second kappa shape index (κ2) is 7.59. The zero-order chi connectivity index (χ0) is 16.9. The Morgan fingerprint density at radius 2 is 2.00 bits per heavy atom. The van der Waals surface area contributed by atoms with E-state index in [0.29, 0.717) is 18.7 Å². The molecule has 1 N–H and O–H groups in total. The molecular formula is C18H23N3O3. The van der Waals surface area contributed by atoms with E-state index in [9.17, 15) is 10.1 Å². The summed E-state index contributed by atoms with van der Waals surface area (Å²) in [6.07, 6.45) is 2.42. The Kier molecular flexibility index (Phi) is 5.27. The van der Waals surface area contributed by atoms with E-state index in [0.717, 1.165) is 24.6 Å². The van der Waals surface area contributed by atoms with Gasteiger partial charge in [0.15, 0.2) is 0 Å². The van der Waals surface area contributed by atoms with Crippen molar-refractivity contribution in [1.29, 1.82) is 0 Å². The van der Waals surface area contributed by atoms with E-state index in [-0.39, 0.29) is 16.7 Å². The fourth-order valence-electron chi connectivity index (χ4n) is 3.28. The predicted molar refractivity (Wildman–Crippen MR) is 91.8 cm³/mol. The van der Waals surface area contributed by atoms with Gasteiger partial charge in [-0.05, 0) is 45.0 Å². The van der Waals surface area contributed by atoms with Crippen molar-refractivity contribution in [2.24, 2.45) is 0 Å². The van der Waals surface area contributed by atoms with Crippen LogP contribution in [0.5, 0.6) is 0 Å². The summed E-state index contributed by atoms with van der Waals surface area (Å²) in [4.78, 5) is 13.2. The summed E-state index contributed by atoms with van der Waals surface area (Å²) in [7, 11) is 0. The third-order valence-corrected chi connectivity index (χ3v) is 4.51. The van der Waals surface area contributed by atoms with Crippen LogP contribution in [-0.4, -0.2) is 29.5 Å². The largest absolute Gasteiger partial charge is 0.465 e. The highest BCUT2D eigenvalue weighted by Gasteiger charge is 2.25. The van der Waals surface area contributed by atoms with Gasteiger partial charge >= 0.3 is 0 Å². The molecule has 1 fully saturated rings. The molecule has 1 aromatic carbocycles. The standard InChI is InChI=1S/C18H23N3O3/c1-14-8-9-18(24-14)17(20-10-4-5-11-20)13-19-12-15-6-2-3-7-16(15)21(22)23/h2-3,6-9,17,19H,4-5,10-13H2,1H3. The average Bonchev–Trinajstić information content (AvgIpc) is 3.24. The van der Waals surface area contributed by atoms with Gasteiger partial charge in [-0.2, -0.15) is 0 Å². The lowest BCUT2D eigenvalue weighted by Crippen LogP contribution is -2.33. The summed E-state index contributed by atoms with van der Waals surface area (Å²) < 4.78 is 5.83. The monoisotopic (exact) mass is 329 g/mol. The molecule has 1 aliphatic heterocycles. The summed E-state index contributed by atoms with van der Waals surface area (Å²) in [6.45, 7) is 5.26. The number of nitro benzene ring substituents is 1. The molecule has 1 aliphatic rings. The predicted octanol–water partition coefficient (Wildman–Crippen LogP) is 3.42. The molecule has 6 heteroatoms. The molecule has 1 unspecified atom stereocenters. The molecule has 0 radical (unpaired) electrons. The van der Waals surface area contributed by atoms with Crippen LogP contribution in [-0.2, 0) is 6.54 Å². The minimum absolute atomic E-state index is 0.163. The van der Waals surface area contributed by atoms with Gasteiger partial charge in [-0.25, -0.2) is 0 Å². The number of hydrogen-bond donors (Lipinski definition) is 1. The Morgan fingerprint density at radius 1 is 1.25 bits per heavy atom. The SMILES string of the molecule is Cc1ccc(C(CNCc2ccccc2[N+](=O)[O-])N2CCCC2)o1. The van der Waals surface area contributed by atoms with Crippen LogP contribution in [0.1, 0.15) is 36.0 Å². The van der Waals surface area contributed by atoms with Crippen molar-refractivity contribution in [1.82, 2.24) is 10.2 Å². The van der Waals surface area contributed by atoms with Gasteiger partial charge in [0.1, 0.15) is 11.5 Å². The molecule has 2 aromatic rings. The van der Waals surface area contributed by atoms with Gasteiger partial charge in [0.05, 0.1) is 11.0 Å². The van der Waals surface area contributed by atoms with Crippen LogP contribution in [0, 0.1) is 17.0 Å². The zero-order valence-electron chi connectivity index (χ0n) is 13.9. The minimum atomic E-state index is -0.329. The number of nitrogens with one attached hydrogen (secondary N) is 1. The minimum Gasteiger partial charge on any atom is -0.465 e. The summed E-state index contributed by atoms with van der Waals surface area (Å²) in [5.41, 5.74) is 0.870. The van der Waals surface area contributed by atoms with Crippen LogP contribution in [0.3, 0.4) is 0 Å². The van der Waals surface area contributed by atoms with Crippen LogP contribution in [0.4, 0.5) is 5.69 Å². The highest BCUT2D eigenvalue weighted by molar-refractivity contribution is 5.39. The van der Waals surface area contributed by atoms with Gasteiger partial charge in [0.25, 0.3) is 5.69 Å². The molecule has 6 nitrogen and oxygen atoms in total. The van der Waals surface area contributed by atoms with E-state index in [1.54, 1.807) is 18.2 Å². The van der Waals surface area contributed by atoms with Crippen molar-refractivity contribution in [3.05, 3.63) is 63.6 Å². The molecule has 0 saturated carbocycles. The summed E-state index contributed by atoms with van der Waals surface area (Å²) >= 11 is 0. The van der Waals surface area contributed by atoms with Crippen molar-refractivity contribution in [2.45, 2.75) is 32.4 Å². The Morgan fingerprint density at radius 3 is 2.67 bits per heavy atom. The molecule has 0 spiro atoms. The smallest absolute Gasteiger partial charge is 0.273 e. The molecule has 24 heavy (non-hydrogen) atoms. The molecule has 0 bridgehead atoms. The van der Waals surface area contributed by atoms with Crippen molar-refractivity contribution >= 4 is 5.69 Å². The number of para-hydroxylation sites is 1. The number of hydrogen-bond acceptors (Lipinski definition) is 5. The van der Waals surface area contributed by atoms with Crippen molar-refractivity contribution in [2.75, 3.05) is 19.6 Å². The maximum atomic E-state index is 11.1. The van der Waals surface area contributed by atoms with E-state index < -0.39 is 0 Å². The number of nitro groups is 1. The summed E-state index contributed by atoms with van der Waals surface area (Å²) in [6, 6.07) is 11.1. The van der Waals surface area contributed by atoms with Crippen LogP contribution < -0.4 is 5.32 Å². The number of nitrogens with zero attached hydrogens (tertiary/aromatic N) is 2. The quantitative estimate of drug-likeness (QED) is 0.622. The first-order valence-corrected chi connectivity index (χ1v) is 8.38. The maximum absolute atomic E-state index is 11.1. The van der Waals surface area contributed by atoms with Crippen LogP contribution in [0.15, 0.2) is 40.8 Å². The van der Waals surface area contributed by atoms with Gasteiger partial charge < -0.3 is 9.73 Å². The molecule has 3 rings (SSSR count). The summed E-state index contributed by atoms with van der Waals surface area (Å²) in [5, 5.41) is 14.5. The van der Waals surface area contributed by atoms with E-state index >= 15 is 0 Å². The molecular weight excluding hydrogens is 306 g/mol. The lowest BCUT2D eigenvalue weighted by atomic mass is 10.1. The van der Waals surface area contributed by atoms with Crippen LogP contribution >= 0.6 is 0 Å². The van der Waals surface area contributed by atoms with Crippen molar-refractivity contribution < 1.29 is 9.34 Å². The first kappa shape index (κ1) is 16.7. The molecule has 0 aliphatic carbocycles. The maximum Gasteiger partial charge on any atom is 0.273 e. The molecule has 128 valence electrons. The fourth-order valence-corrected chi connectivity index (χ4v) is 3.28.